The van der Waals surface area contributed by atoms with Gasteiger partial charge in [-0.05, 0) is 31.5 Å². The lowest BCUT2D eigenvalue weighted by molar-refractivity contribution is 0.182. The first-order valence-electron chi connectivity index (χ1n) is 6.13. The van der Waals surface area contributed by atoms with Crippen LogP contribution in [0.5, 0.6) is 0 Å². The summed E-state index contributed by atoms with van der Waals surface area (Å²) < 4.78 is 11.4. The fraction of sp³-hybridized carbons (Fsp3) is 0.846. The van der Waals surface area contributed by atoms with Gasteiger partial charge in [-0.15, -0.1) is 11.8 Å². The van der Waals surface area contributed by atoms with E-state index in [9.17, 15) is 0 Å². The quantitative estimate of drug-likeness (QED) is 0.414. The monoisotopic (exact) mass is 274 g/mol. The molecule has 0 aliphatic carbocycles. The Kier molecular flexibility index (Phi) is 7.59. The van der Waals surface area contributed by atoms with Crippen LogP contribution in [0.25, 0.3) is 0 Å². The second-order valence-electron chi connectivity index (χ2n) is 5.79. The fourth-order valence-corrected chi connectivity index (χ4v) is 2.39. The maximum atomic E-state index is 6.11. The van der Waals surface area contributed by atoms with Gasteiger partial charge in [-0.2, -0.15) is 0 Å². The van der Waals surface area contributed by atoms with Crippen LogP contribution in [0.15, 0.2) is 0 Å². The first kappa shape index (κ1) is 17.1. The van der Waals surface area contributed by atoms with Crippen LogP contribution < -0.4 is 0 Å². The molecule has 0 aliphatic rings. The Hall–Kier alpha value is 0.127. The summed E-state index contributed by atoms with van der Waals surface area (Å²) >= 11 is 0. The molecule has 0 aromatic heterocycles. The minimum Gasteiger partial charge on any atom is -0.417 e. The van der Waals surface area contributed by atoms with E-state index in [1.54, 1.807) is 0 Å². The van der Waals surface area contributed by atoms with E-state index in [-0.39, 0.29) is 11.1 Å². The highest BCUT2D eigenvalue weighted by molar-refractivity contribution is 7.09. The molecule has 4 heteroatoms. The fourth-order valence-electron chi connectivity index (χ4n) is 1.10. The predicted molar refractivity (Wildman–Crippen MR) is 80.4 cm³/mol. The van der Waals surface area contributed by atoms with Crippen LogP contribution in [-0.2, 0) is 8.95 Å². The van der Waals surface area contributed by atoms with E-state index in [0.29, 0.717) is 0 Å². The van der Waals surface area contributed by atoms with Gasteiger partial charge in [0.2, 0.25) is 0 Å². The summed E-state index contributed by atoms with van der Waals surface area (Å²) in [5.74, 6) is 5.94. The van der Waals surface area contributed by atoms with Gasteiger partial charge in [0.15, 0.2) is 8.32 Å². The molecule has 0 aromatic rings. The van der Waals surface area contributed by atoms with Gasteiger partial charge in [0.25, 0.3) is 0 Å². The molecule has 0 rings (SSSR count). The van der Waals surface area contributed by atoms with Gasteiger partial charge < -0.3 is 8.95 Å². The normalized spacial score (nSPS) is 14.1. The highest BCUT2D eigenvalue weighted by Gasteiger charge is 2.36. The van der Waals surface area contributed by atoms with E-state index < -0.39 is 8.32 Å². The lowest BCUT2D eigenvalue weighted by Gasteiger charge is -2.36. The Morgan fingerprint density at radius 1 is 1.29 bits per heavy atom. The topological polar surface area (TPSA) is 18.5 Å². The van der Waals surface area contributed by atoms with Crippen molar-refractivity contribution < 1.29 is 8.95 Å². The number of rotatable bonds is 6. The van der Waals surface area contributed by atoms with E-state index in [1.165, 1.54) is 0 Å². The molecule has 0 aromatic carbocycles. The molecule has 0 aliphatic heterocycles. The van der Waals surface area contributed by atoms with Crippen molar-refractivity contribution in [3.8, 4) is 11.8 Å². The van der Waals surface area contributed by atoms with Gasteiger partial charge >= 0.3 is 0 Å². The molecular weight excluding hydrogens is 247 g/mol. The molecule has 0 heterocycles. The molecule has 2 atom stereocenters. The van der Waals surface area contributed by atoms with Gasteiger partial charge in [-0.3, -0.25) is 0 Å². The average Bonchev–Trinajstić information content (AvgIpc) is 2.21. The van der Waals surface area contributed by atoms with Crippen molar-refractivity contribution in [2.45, 2.75) is 64.8 Å². The van der Waals surface area contributed by atoms with Crippen molar-refractivity contribution in [2.24, 2.45) is 0 Å². The van der Waals surface area contributed by atoms with E-state index in [1.807, 2.05) is 6.92 Å². The third kappa shape index (κ3) is 6.57. The average molecular weight is 274 g/mol. The molecule has 0 saturated carbocycles. The van der Waals surface area contributed by atoms with Crippen molar-refractivity contribution >= 4 is 17.8 Å². The minimum atomic E-state index is -1.61. The van der Waals surface area contributed by atoms with E-state index in [4.69, 9.17) is 8.95 Å². The second kappa shape index (κ2) is 7.54. The molecule has 100 valence electrons. The van der Waals surface area contributed by atoms with Crippen molar-refractivity contribution in [3.63, 3.8) is 0 Å². The highest BCUT2D eigenvalue weighted by atomic mass is 31.0. The smallest absolute Gasteiger partial charge is 0.191 e. The van der Waals surface area contributed by atoms with Crippen molar-refractivity contribution in [2.75, 3.05) is 6.61 Å². The van der Waals surface area contributed by atoms with Crippen LogP contribution in [0.3, 0.4) is 0 Å². The van der Waals surface area contributed by atoms with Crippen LogP contribution >= 0.6 is 9.47 Å². The zero-order chi connectivity index (χ0) is 13.5. The minimum absolute atomic E-state index is 0.164. The summed E-state index contributed by atoms with van der Waals surface area (Å²) in [6.07, 6.45) is 1.85. The molecule has 0 spiro atoms. The Morgan fingerprint density at radius 2 is 1.88 bits per heavy atom. The molecule has 0 fully saturated rings. The largest absolute Gasteiger partial charge is 0.417 e. The summed E-state index contributed by atoms with van der Waals surface area (Å²) in [5, 5.41) is 0.271. The Balaban J connectivity index is 4.07. The van der Waals surface area contributed by atoms with E-state index in [0.717, 1.165) is 19.4 Å². The maximum Gasteiger partial charge on any atom is 0.191 e. The van der Waals surface area contributed by atoms with Crippen LogP contribution in [0.4, 0.5) is 0 Å². The van der Waals surface area contributed by atoms with E-state index in [2.05, 4.69) is 55.2 Å². The van der Waals surface area contributed by atoms with Gasteiger partial charge in [-0.25, -0.2) is 0 Å². The molecule has 0 bridgehead atoms. The predicted octanol–water partition coefficient (Wildman–Crippen LogP) is 3.99. The third-order valence-corrected chi connectivity index (χ3v) is 8.33. The van der Waals surface area contributed by atoms with Crippen molar-refractivity contribution in [1.29, 1.82) is 0 Å². The van der Waals surface area contributed by atoms with E-state index >= 15 is 0 Å². The zero-order valence-corrected chi connectivity index (χ0v) is 14.2. The summed E-state index contributed by atoms with van der Waals surface area (Å²) in [4.78, 5) is 0. The van der Waals surface area contributed by atoms with Crippen molar-refractivity contribution in [3.05, 3.63) is 0 Å². The Bertz CT molecular complexity index is 273. The molecule has 1 unspecified atom stereocenters. The zero-order valence-electron chi connectivity index (χ0n) is 12.1. The molecular formula is C13H27O2PSi. The van der Waals surface area contributed by atoms with Crippen LogP contribution in [0.1, 0.15) is 40.5 Å². The molecule has 0 N–H and O–H groups in total. The Labute approximate surface area is 110 Å². The summed E-state index contributed by atoms with van der Waals surface area (Å²) in [6, 6.07) is 0. The van der Waals surface area contributed by atoms with Crippen LogP contribution in [0, 0.1) is 11.8 Å². The first-order chi connectivity index (χ1) is 7.74. The van der Waals surface area contributed by atoms with Crippen LogP contribution in [-0.4, -0.2) is 21.0 Å². The lowest BCUT2D eigenvalue weighted by atomic mass is 10.2. The van der Waals surface area contributed by atoms with Crippen LogP contribution in [0.2, 0.25) is 18.1 Å². The highest BCUT2D eigenvalue weighted by Crippen LogP contribution is 2.36. The Morgan fingerprint density at radius 3 is 2.29 bits per heavy atom. The summed E-state index contributed by atoms with van der Waals surface area (Å²) in [7, 11) is 0.712. The standard InChI is InChI=1S/C13H27O2PSi/c1-7-8-9-12(15-16)10-11-14-17(5,6)13(2,3)4/h12H,9-11,16H2,1-6H3/t12-/m0/s1. The molecule has 2 nitrogen and oxygen atoms in total. The number of hydrogen-bond donors (Lipinski definition) is 0. The van der Waals surface area contributed by atoms with Crippen molar-refractivity contribution in [1.82, 2.24) is 0 Å². The second-order valence-corrected chi connectivity index (χ2v) is 10.9. The lowest BCUT2D eigenvalue weighted by Crippen LogP contribution is -2.41. The molecule has 0 radical (unpaired) electrons. The summed E-state index contributed by atoms with van der Waals surface area (Å²) in [6.45, 7) is 13.9. The van der Waals surface area contributed by atoms with Gasteiger partial charge in [0.05, 0.1) is 6.10 Å². The molecule has 0 amide bonds. The first-order valence-corrected chi connectivity index (χ1v) is 9.51. The van der Waals surface area contributed by atoms with Gasteiger partial charge in [-0.1, -0.05) is 20.8 Å². The maximum absolute atomic E-state index is 6.11. The molecule has 0 saturated heterocycles. The summed E-state index contributed by atoms with van der Waals surface area (Å²) in [5.41, 5.74) is 0. The molecule has 17 heavy (non-hydrogen) atoms. The third-order valence-electron chi connectivity index (χ3n) is 3.41. The SMILES string of the molecule is CC#CC[C@@H](CCO[Si](C)(C)C(C)(C)C)OP. The van der Waals surface area contributed by atoms with Gasteiger partial charge in [0, 0.05) is 22.5 Å². The van der Waals surface area contributed by atoms with Gasteiger partial charge in [0.1, 0.15) is 0 Å². The number of hydrogen-bond acceptors (Lipinski definition) is 2.